The molecule has 0 fully saturated rings. The van der Waals surface area contributed by atoms with Gasteiger partial charge >= 0.3 is 0 Å². The highest BCUT2D eigenvalue weighted by molar-refractivity contribution is 5.16. The summed E-state index contributed by atoms with van der Waals surface area (Å²) in [5, 5.41) is 9.36. The molecule has 0 aliphatic carbocycles. The van der Waals surface area contributed by atoms with Gasteiger partial charge in [0.05, 0.1) is 0 Å². The van der Waals surface area contributed by atoms with Gasteiger partial charge in [-0.05, 0) is 31.2 Å². The van der Waals surface area contributed by atoms with Crippen molar-refractivity contribution in [1.29, 1.82) is 0 Å². The Hall–Kier alpha value is -0.930. The SMILES string of the molecule is CCC(C)(CO)CN(C)Cc1cccc(F)c1. The quantitative estimate of drug-likeness (QED) is 0.825. The van der Waals surface area contributed by atoms with E-state index in [1.807, 2.05) is 13.1 Å². The first-order chi connectivity index (χ1) is 7.99. The molecular weight excluding hydrogens is 217 g/mol. The highest BCUT2D eigenvalue weighted by Gasteiger charge is 2.22. The smallest absolute Gasteiger partial charge is 0.123 e. The zero-order chi connectivity index (χ0) is 12.9. The van der Waals surface area contributed by atoms with Gasteiger partial charge < -0.3 is 10.0 Å². The fraction of sp³-hybridized carbons (Fsp3) is 0.571. The lowest BCUT2D eigenvalue weighted by molar-refractivity contribution is 0.0929. The van der Waals surface area contributed by atoms with Gasteiger partial charge in [-0.2, -0.15) is 0 Å². The van der Waals surface area contributed by atoms with Crippen LogP contribution in [0.4, 0.5) is 4.39 Å². The topological polar surface area (TPSA) is 23.5 Å². The van der Waals surface area contributed by atoms with Crippen molar-refractivity contribution < 1.29 is 9.50 Å². The van der Waals surface area contributed by atoms with Crippen LogP contribution in [0.15, 0.2) is 24.3 Å². The Morgan fingerprint density at radius 2 is 2.12 bits per heavy atom. The van der Waals surface area contributed by atoms with Crippen LogP contribution in [0.25, 0.3) is 0 Å². The minimum absolute atomic E-state index is 0.0813. The summed E-state index contributed by atoms with van der Waals surface area (Å²) >= 11 is 0. The molecule has 17 heavy (non-hydrogen) atoms. The minimum atomic E-state index is -0.198. The molecule has 0 bridgehead atoms. The maximum absolute atomic E-state index is 13.0. The van der Waals surface area contributed by atoms with Gasteiger partial charge in [-0.3, -0.25) is 0 Å². The lowest BCUT2D eigenvalue weighted by Crippen LogP contribution is -2.35. The van der Waals surface area contributed by atoms with Crippen molar-refractivity contribution in [2.45, 2.75) is 26.8 Å². The van der Waals surface area contributed by atoms with Gasteiger partial charge in [-0.15, -0.1) is 0 Å². The maximum atomic E-state index is 13.0. The van der Waals surface area contributed by atoms with E-state index < -0.39 is 0 Å². The first-order valence-electron chi connectivity index (χ1n) is 6.03. The molecule has 2 nitrogen and oxygen atoms in total. The van der Waals surface area contributed by atoms with Gasteiger partial charge in [0.25, 0.3) is 0 Å². The Bertz CT molecular complexity index is 350. The molecule has 96 valence electrons. The fourth-order valence-corrected chi connectivity index (χ4v) is 1.93. The van der Waals surface area contributed by atoms with E-state index in [1.54, 1.807) is 12.1 Å². The molecule has 1 aromatic carbocycles. The van der Waals surface area contributed by atoms with Crippen molar-refractivity contribution in [1.82, 2.24) is 4.90 Å². The Balaban J connectivity index is 2.58. The molecule has 0 heterocycles. The summed E-state index contributed by atoms with van der Waals surface area (Å²) in [4.78, 5) is 2.12. The third-order valence-electron chi connectivity index (χ3n) is 3.23. The van der Waals surface area contributed by atoms with Crippen molar-refractivity contribution in [3.8, 4) is 0 Å². The summed E-state index contributed by atoms with van der Waals surface area (Å²) in [6.07, 6.45) is 0.928. The van der Waals surface area contributed by atoms with E-state index in [0.29, 0.717) is 6.54 Å². The summed E-state index contributed by atoms with van der Waals surface area (Å²) in [5.41, 5.74) is 0.881. The van der Waals surface area contributed by atoms with E-state index in [4.69, 9.17) is 0 Å². The number of aliphatic hydroxyl groups excluding tert-OH is 1. The Kier molecular flexibility index (Phi) is 5.09. The average Bonchev–Trinajstić information content (AvgIpc) is 2.28. The van der Waals surface area contributed by atoms with E-state index in [0.717, 1.165) is 18.5 Å². The maximum Gasteiger partial charge on any atom is 0.123 e. The van der Waals surface area contributed by atoms with Gasteiger partial charge in [0.1, 0.15) is 5.82 Å². The third kappa shape index (κ3) is 4.44. The lowest BCUT2D eigenvalue weighted by Gasteiger charge is -2.31. The first-order valence-corrected chi connectivity index (χ1v) is 6.03. The number of hydrogen-bond donors (Lipinski definition) is 1. The second-order valence-electron chi connectivity index (χ2n) is 5.12. The number of benzene rings is 1. The molecule has 1 aromatic rings. The van der Waals surface area contributed by atoms with E-state index in [-0.39, 0.29) is 17.8 Å². The highest BCUT2D eigenvalue weighted by Crippen LogP contribution is 2.21. The molecule has 0 aliphatic heterocycles. The number of halogens is 1. The van der Waals surface area contributed by atoms with Gasteiger partial charge in [0.2, 0.25) is 0 Å². The second-order valence-corrected chi connectivity index (χ2v) is 5.12. The summed E-state index contributed by atoms with van der Waals surface area (Å²) in [5.74, 6) is -0.198. The lowest BCUT2D eigenvalue weighted by atomic mass is 9.88. The van der Waals surface area contributed by atoms with E-state index in [1.165, 1.54) is 6.07 Å². The Labute approximate surface area is 103 Å². The molecule has 1 rings (SSSR count). The summed E-state index contributed by atoms with van der Waals surface area (Å²) in [7, 11) is 1.99. The number of rotatable bonds is 6. The van der Waals surface area contributed by atoms with Crippen molar-refractivity contribution in [3.05, 3.63) is 35.6 Å². The largest absolute Gasteiger partial charge is 0.396 e. The molecule has 1 unspecified atom stereocenters. The zero-order valence-corrected chi connectivity index (χ0v) is 10.9. The summed E-state index contributed by atoms with van der Waals surface area (Å²) in [6.45, 7) is 5.82. The van der Waals surface area contributed by atoms with Crippen LogP contribution < -0.4 is 0 Å². The summed E-state index contributed by atoms with van der Waals surface area (Å²) < 4.78 is 13.0. The van der Waals surface area contributed by atoms with E-state index in [9.17, 15) is 9.50 Å². The van der Waals surface area contributed by atoms with Crippen LogP contribution in [0.2, 0.25) is 0 Å². The third-order valence-corrected chi connectivity index (χ3v) is 3.23. The van der Waals surface area contributed by atoms with Crippen LogP contribution >= 0.6 is 0 Å². The predicted molar refractivity (Wildman–Crippen MR) is 68.2 cm³/mol. The first kappa shape index (κ1) is 14.1. The summed E-state index contributed by atoms with van der Waals surface area (Å²) in [6, 6.07) is 6.65. The average molecular weight is 239 g/mol. The van der Waals surface area contributed by atoms with Crippen molar-refractivity contribution >= 4 is 0 Å². The standard InChI is InChI=1S/C14H22FNO/c1-4-14(2,11-17)10-16(3)9-12-6-5-7-13(15)8-12/h5-8,17H,4,9-11H2,1-3H3. The van der Waals surface area contributed by atoms with Crippen LogP contribution in [0.1, 0.15) is 25.8 Å². The molecule has 3 heteroatoms. The monoisotopic (exact) mass is 239 g/mol. The number of hydrogen-bond acceptors (Lipinski definition) is 2. The van der Waals surface area contributed by atoms with Gasteiger partial charge in [0.15, 0.2) is 0 Å². The van der Waals surface area contributed by atoms with Crippen LogP contribution in [-0.2, 0) is 6.54 Å². The molecule has 0 aliphatic rings. The van der Waals surface area contributed by atoms with Crippen LogP contribution in [0, 0.1) is 11.2 Å². The fourth-order valence-electron chi connectivity index (χ4n) is 1.93. The van der Waals surface area contributed by atoms with Crippen molar-refractivity contribution in [2.24, 2.45) is 5.41 Å². The molecule has 1 atom stereocenters. The molecule has 1 N–H and O–H groups in total. The number of nitrogens with zero attached hydrogens (tertiary/aromatic N) is 1. The van der Waals surface area contributed by atoms with Gasteiger partial charge in [-0.1, -0.05) is 26.0 Å². The molecule has 0 aromatic heterocycles. The molecule has 0 saturated heterocycles. The second kappa shape index (κ2) is 6.12. The highest BCUT2D eigenvalue weighted by atomic mass is 19.1. The Morgan fingerprint density at radius 3 is 2.65 bits per heavy atom. The number of aliphatic hydroxyl groups is 1. The Morgan fingerprint density at radius 1 is 1.41 bits per heavy atom. The van der Waals surface area contributed by atoms with Gasteiger partial charge in [-0.25, -0.2) is 4.39 Å². The van der Waals surface area contributed by atoms with Crippen LogP contribution in [0.3, 0.4) is 0 Å². The van der Waals surface area contributed by atoms with E-state index in [2.05, 4.69) is 18.7 Å². The predicted octanol–water partition coefficient (Wildman–Crippen LogP) is 2.67. The molecular formula is C14H22FNO. The molecule has 0 spiro atoms. The van der Waals surface area contributed by atoms with Gasteiger partial charge in [0, 0.05) is 25.1 Å². The normalized spacial score (nSPS) is 14.9. The molecule has 0 amide bonds. The van der Waals surface area contributed by atoms with E-state index >= 15 is 0 Å². The van der Waals surface area contributed by atoms with Crippen LogP contribution in [-0.4, -0.2) is 30.2 Å². The molecule has 0 saturated carbocycles. The van der Waals surface area contributed by atoms with Crippen molar-refractivity contribution in [2.75, 3.05) is 20.2 Å². The van der Waals surface area contributed by atoms with Crippen LogP contribution in [0.5, 0.6) is 0 Å². The van der Waals surface area contributed by atoms with Crippen molar-refractivity contribution in [3.63, 3.8) is 0 Å². The zero-order valence-electron chi connectivity index (χ0n) is 10.9. The minimum Gasteiger partial charge on any atom is -0.396 e. The molecule has 0 radical (unpaired) electrons.